The van der Waals surface area contributed by atoms with E-state index in [1.165, 1.54) is 6.42 Å². The zero-order chi connectivity index (χ0) is 12.0. The number of carbonyl (C=O) groups is 1. The van der Waals surface area contributed by atoms with Crippen LogP contribution in [0.15, 0.2) is 0 Å². The van der Waals surface area contributed by atoms with Crippen molar-refractivity contribution in [3.8, 4) is 0 Å². The highest BCUT2D eigenvalue weighted by Crippen LogP contribution is 2.37. The Bertz CT molecular complexity index is 218. The third-order valence-corrected chi connectivity index (χ3v) is 3.56. The number of nitrogens with zero attached hydrogens (tertiary/aromatic N) is 1. The topological polar surface area (TPSA) is 46.3 Å². The summed E-state index contributed by atoms with van der Waals surface area (Å²) in [5.41, 5.74) is 5.42. The Kier molecular flexibility index (Phi) is 5.81. The molecule has 1 fully saturated rings. The van der Waals surface area contributed by atoms with E-state index < -0.39 is 0 Å². The van der Waals surface area contributed by atoms with Gasteiger partial charge >= 0.3 is 0 Å². The molecule has 1 aliphatic rings. The lowest BCUT2D eigenvalue weighted by Crippen LogP contribution is -2.28. The van der Waals surface area contributed by atoms with Crippen molar-refractivity contribution < 1.29 is 4.79 Å². The summed E-state index contributed by atoms with van der Waals surface area (Å²) in [7, 11) is 1.94. The Balaban J connectivity index is 2.00. The standard InChI is InChI=1S/C13H26N2O/c1-11-9-12(11)10-15(2)13(16)7-5-3-4-6-8-14/h11-12H,3-10,14H2,1-2H3. The van der Waals surface area contributed by atoms with E-state index in [2.05, 4.69) is 6.92 Å². The monoisotopic (exact) mass is 226 g/mol. The van der Waals surface area contributed by atoms with Crippen LogP contribution in [0.25, 0.3) is 0 Å². The SMILES string of the molecule is CC1CC1CN(C)C(=O)CCCCCCN. The minimum absolute atomic E-state index is 0.312. The summed E-state index contributed by atoms with van der Waals surface area (Å²) in [5.74, 6) is 1.91. The molecule has 1 amide bonds. The molecule has 2 atom stereocenters. The number of rotatable bonds is 8. The van der Waals surface area contributed by atoms with Crippen LogP contribution in [0.4, 0.5) is 0 Å². The smallest absolute Gasteiger partial charge is 0.222 e. The number of hydrogen-bond acceptors (Lipinski definition) is 2. The van der Waals surface area contributed by atoms with Gasteiger partial charge in [0.15, 0.2) is 0 Å². The molecular weight excluding hydrogens is 200 g/mol. The molecule has 0 bridgehead atoms. The number of unbranched alkanes of at least 4 members (excludes halogenated alkanes) is 3. The predicted molar refractivity (Wildman–Crippen MR) is 67.0 cm³/mol. The maximum absolute atomic E-state index is 11.7. The Morgan fingerprint density at radius 2 is 1.94 bits per heavy atom. The molecule has 0 saturated heterocycles. The largest absolute Gasteiger partial charge is 0.345 e. The first-order chi connectivity index (χ1) is 7.65. The molecule has 1 saturated carbocycles. The zero-order valence-corrected chi connectivity index (χ0v) is 10.7. The third-order valence-electron chi connectivity index (χ3n) is 3.56. The van der Waals surface area contributed by atoms with Crippen molar-refractivity contribution in [1.29, 1.82) is 0 Å². The van der Waals surface area contributed by atoms with Gasteiger partial charge in [-0.05, 0) is 37.6 Å². The second-order valence-electron chi connectivity index (χ2n) is 5.20. The van der Waals surface area contributed by atoms with Crippen molar-refractivity contribution in [1.82, 2.24) is 4.90 Å². The van der Waals surface area contributed by atoms with Crippen molar-refractivity contribution in [3.05, 3.63) is 0 Å². The van der Waals surface area contributed by atoms with Crippen molar-refractivity contribution >= 4 is 5.91 Å². The second kappa shape index (κ2) is 6.89. The molecule has 0 radical (unpaired) electrons. The molecule has 2 N–H and O–H groups in total. The number of nitrogens with two attached hydrogens (primary N) is 1. The minimum Gasteiger partial charge on any atom is -0.345 e. The maximum atomic E-state index is 11.7. The van der Waals surface area contributed by atoms with Gasteiger partial charge in [-0.15, -0.1) is 0 Å². The van der Waals surface area contributed by atoms with Crippen LogP contribution in [0, 0.1) is 11.8 Å². The van der Waals surface area contributed by atoms with Gasteiger partial charge in [-0.25, -0.2) is 0 Å². The van der Waals surface area contributed by atoms with Crippen LogP contribution in [-0.4, -0.2) is 30.9 Å². The molecule has 16 heavy (non-hydrogen) atoms. The molecule has 0 aliphatic heterocycles. The lowest BCUT2D eigenvalue weighted by atomic mass is 10.1. The Hall–Kier alpha value is -0.570. The van der Waals surface area contributed by atoms with Crippen molar-refractivity contribution in [2.45, 2.75) is 45.4 Å². The van der Waals surface area contributed by atoms with Gasteiger partial charge in [0.2, 0.25) is 5.91 Å². The molecule has 0 aromatic rings. The second-order valence-corrected chi connectivity index (χ2v) is 5.20. The molecule has 0 heterocycles. The molecule has 3 nitrogen and oxygen atoms in total. The van der Waals surface area contributed by atoms with Crippen LogP contribution < -0.4 is 5.73 Å². The van der Waals surface area contributed by atoms with E-state index in [9.17, 15) is 4.79 Å². The first-order valence-corrected chi connectivity index (χ1v) is 6.59. The Morgan fingerprint density at radius 3 is 2.50 bits per heavy atom. The normalized spacial score (nSPS) is 23.2. The van der Waals surface area contributed by atoms with E-state index in [0.717, 1.165) is 50.6 Å². The van der Waals surface area contributed by atoms with E-state index in [4.69, 9.17) is 5.73 Å². The van der Waals surface area contributed by atoms with Crippen LogP contribution in [0.5, 0.6) is 0 Å². The first kappa shape index (κ1) is 13.5. The number of hydrogen-bond donors (Lipinski definition) is 1. The van der Waals surface area contributed by atoms with Gasteiger partial charge in [0.05, 0.1) is 0 Å². The summed E-state index contributed by atoms with van der Waals surface area (Å²) in [6.07, 6.45) is 6.41. The summed E-state index contributed by atoms with van der Waals surface area (Å²) >= 11 is 0. The predicted octanol–water partition coefficient (Wildman–Crippen LogP) is 2.01. The summed E-state index contributed by atoms with van der Waals surface area (Å²) < 4.78 is 0. The van der Waals surface area contributed by atoms with E-state index in [1.54, 1.807) is 0 Å². The number of carbonyl (C=O) groups excluding carboxylic acids is 1. The van der Waals surface area contributed by atoms with Gasteiger partial charge in [0, 0.05) is 20.0 Å². The maximum Gasteiger partial charge on any atom is 0.222 e. The highest BCUT2D eigenvalue weighted by molar-refractivity contribution is 5.75. The van der Waals surface area contributed by atoms with E-state index in [1.807, 2.05) is 11.9 Å². The molecular formula is C13H26N2O. The molecule has 0 aromatic carbocycles. The van der Waals surface area contributed by atoms with Gasteiger partial charge < -0.3 is 10.6 Å². The van der Waals surface area contributed by atoms with Crippen LogP contribution in [0.1, 0.15) is 45.4 Å². The molecule has 0 spiro atoms. The van der Waals surface area contributed by atoms with Crippen molar-refractivity contribution in [2.75, 3.05) is 20.1 Å². The van der Waals surface area contributed by atoms with Crippen LogP contribution >= 0.6 is 0 Å². The fourth-order valence-electron chi connectivity index (χ4n) is 2.07. The average Bonchev–Trinajstić information content (AvgIpc) is 2.93. The van der Waals surface area contributed by atoms with Gasteiger partial charge in [-0.1, -0.05) is 19.8 Å². The molecule has 1 aliphatic carbocycles. The molecule has 94 valence electrons. The molecule has 2 unspecified atom stereocenters. The molecule has 0 aromatic heterocycles. The fourth-order valence-corrected chi connectivity index (χ4v) is 2.07. The Labute approximate surface area is 99.4 Å². The van der Waals surface area contributed by atoms with Gasteiger partial charge in [-0.2, -0.15) is 0 Å². The first-order valence-electron chi connectivity index (χ1n) is 6.59. The summed E-state index contributed by atoms with van der Waals surface area (Å²) in [4.78, 5) is 13.7. The lowest BCUT2D eigenvalue weighted by Gasteiger charge is -2.16. The Morgan fingerprint density at radius 1 is 1.31 bits per heavy atom. The number of amides is 1. The summed E-state index contributed by atoms with van der Waals surface area (Å²) in [6.45, 7) is 3.99. The minimum atomic E-state index is 0.312. The van der Waals surface area contributed by atoms with Gasteiger partial charge in [0.1, 0.15) is 0 Å². The van der Waals surface area contributed by atoms with Gasteiger partial charge in [0.25, 0.3) is 0 Å². The van der Waals surface area contributed by atoms with Crippen molar-refractivity contribution in [3.63, 3.8) is 0 Å². The average molecular weight is 226 g/mol. The third kappa shape index (κ3) is 4.97. The summed E-state index contributed by atoms with van der Waals surface area (Å²) in [5, 5.41) is 0. The quantitative estimate of drug-likeness (QED) is 0.644. The highest BCUT2D eigenvalue weighted by atomic mass is 16.2. The molecule has 1 rings (SSSR count). The van der Waals surface area contributed by atoms with Crippen LogP contribution in [-0.2, 0) is 4.79 Å². The van der Waals surface area contributed by atoms with Gasteiger partial charge in [-0.3, -0.25) is 4.79 Å². The summed E-state index contributed by atoms with van der Waals surface area (Å²) in [6, 6.07) is 0. The lowest BCUT2D eigenvalue weighted by molar-refractivity contribution is -0.130. The van der Waals surface area contributed by atoms with E-state index in [0.29, 0.717) is 12.3 Å². The molecule has 3 heteroatoms. The van der Waals surface area contributed by atoms with E-state index in [-0.39, 0.29) is 0 Å². The van der Waals surface area contributed by atoms with E-state index >= 15 is 0 Å². The van der Waals surface area contributed by atoms with Crippen LogP contribution in [0.3, 0.4) is 0 Å². The fraction of sp³-hybridized carbons (Fsp3) is 0.923. The van der Waals surface area contributed by atoms with Crippen LogP contribution in [0.2, 0.25) is 0 Å². The highest BCUT2D eigenvalue weighted by Gasteiger charge is 2.33. The zero-order valence-electron chi connectivity index (χ0n) is 10.7. The van der Waals surface area contributed by atoms with Crippen molar-refractivity contribution in [2.24, 2.45) is 17.6 Å².